The maximum atomic E-state index is 13.2. The smallest absolute Gasteiger partial charge is 0.270 e. The maximum Gasteiger partial charge on any atom is 0.270 e. The molecule has 1 saturated heterocycles. The molecule has 4 saturated carbocycles. The Balaban J connectivity index is 1.31. The number of fused-ring (bicyclic) bond motifs is 2. The molecule has 1 aliphatic heterocycles. The van der Waals surface area contributed by atoms with Crippen LogP contribution < -0.4 is 5.43 Å². The molecule has 6 atom stereocenters. The molecule has 5 nitrogen and oxygen atoms in total. The highest BCUT2D eigenvalue weighted by molar-refractivity contribution is 9.10. The lowest BCUT2D eigenvalue weighted by Gasteiger charge is -2.33. The van der Waals surface area contributed by atoms with Crippen molar-refractivity contribution in [2.75, 3.05) is 0 Å². The van der Waals surface area contributed by atoms with Crippen LogP contribution >= 0.6 is 15.9 Å². The first-order valence-electron chi connectivity index (χ1n) is 8.98. The molecule has 5 aliphatic rings. The molecule has 6 heteroatoms. The standard InChI is InChI=1S/C19H17BrN2O3/c20-10-5-3-9(4-6-10)15(23)21-22-16(24)14-18-7-1-2-12(11-8-13(11)18)19(14,18)17(22)25/h3-6,11-14H,1-2,7-8H2,(H,21,23)/t11?,12?,13?,14-,18?,19-/m0/s1. The van der Waals surface area contributed by atoms with Crippen LogP contribution in [0.25, 0.3) is 0 Å². The summed E-state index contributed by atoms with van der Waals surface area (Å²) >= 11 is 3.33. The molecule has 0 aromatic heterocycles. The number of imide groups is 1. The monoisotopic (exact) mass is 400 g/mol. The van der Waals surface area contributed by atoms with Crippen molar-refractivity contribution in [1.29, 1.82) is 0 Å². The van der Waals surface area contributed by atoms with E-state index in [1.54, 1.807) is 24.3 Å². The van der Waals surface area contributed by atoms with Crippen LogP contribution in [-0.4, -0.2) is 22.7 Å². The summed E-state index contributed by atoms with van der Waals surface area (Å²) in [4.78, 5) is 38.7. The van der Waals surface area contributed by atoms with Crippen LogP contribution in [0.1, 0.15) is 36.0 Å². The average Bonchev–Trinajstić information content (AvgIpc) is 3.47. The van der Waals surface area contributed by atoms with Crippen molar-refractivity contribution >= 4 is 33.7 Å². The predicted molar refractivity (Wildman–Crippen MR) is 90.8 cm³/mol. The lowest BCUT2D eigenvalue weighted by Crippen LogP contribution is -2.52. The van der Waals surface area contributed by atoms with Gasteiger partial charge in [-0.3, -0.25) is 19.8 Å². The molecule has 128 valence electrons. The summed E-state index contributed by atoms with van der Waals surface area (Å²) in [5.41, 5.74) is 2.50. The van der Waals surface area contributed by atoms with Gasteiger partial charge in [-0.25, -0.2) is 0 Å². The number of carbonyl (C=O) groups is 3. The second-order valence-electron chi connectivity index (χ2n) is 8.27. The van der Waals surface area contributed by atoms with Crippen LogP contribution in [0.3, 0.4) is 0 Å². The SMILES string of the molecule is O=C(NN1C(=O)[C@H]2C34CCCC(C5CC53)[C@@]24C1=O)c1ccc(Br)cc1. The van der Waals surface area contributed by atoms with Crippen molar-refractivity contribution in [3.63, 3.8) is 0 Å². The number of carbonyl (C=O) groups excluding carboxylic acids is 3. The molecule has 1 aromatic carbocycles. The van der Waals surface area contributed by atoms with E-state index in [0.29, 0.717) is 23.3 Å². The minimum atomic E-state index is -0.469. The first-order chi connectivity index (χ1) is 12.0. The predicted octanol–water partition coefficient (Wildman–Crippen LogP) is 2.52. The molecule has 6 rings (SSSR count). The van der Waals surface area contributed by atoms with E-state index in [1.807, 2.05) is 0 Å². The van der Waals surface area contributed by atoms with Gasteiger partial charge in [-0.2, -0.15) is 5.01 Å². The summed E-state index contributed by atoms with van der Waals surface area (Å²) in [5, 5.41) is 1.04. The molecule has 1 N–H and O–H groups in total. The fourth-order valence-corrected chi connectivity index (χ4v) is 7.29. The van der Waals surface area contributed by atoms with Gasteiger partial charge >= 0.3 is 0 Å². The number of piperidine rings is 1. The van der Waals surface area contributed by atoms with E-state index in [1.165, 1.54) is 6.42 Å². The molecule has 1 spiro atoms. The van der Waals surface area contributed by atoms with Crippen LogP contribution in [0.2, 0.25) is 0 Å². The number of hydrogen-bond donors (Lipinski definition) is 1. The Morgan fingerprint density at radius 3 is 2.72 bits per heavy atom. The van der Waals surface area contributed by atoms with Gasteiger partial charge in [0, 0.05) is 15.5 Å². The number of nitrogens with one attached hydrogen (secondary N) is 1. The van der Waals surface area contributed by atoms with E-state index in [0.717, 1.165) is 28.7 Å². The van der Waals surface area contributed by atoms with Gasteiger partial charge in [-0.15, -0.1) is 0 Å². The molecule has 4 aliphatic carbocycles. The van der Waals surface area contributed by atoms with Crippen molar-refractivity contribution in [3.05, 3.63) is 34.3 Å². The quantitative estimate of drug-likeness (QED) is 0.775. The number of rotatable bonds is 2. The van der Waals surface area contributed by atoms with Gasteiger partial charge in [0.2, 0.25) is 0 Å². The number of nitrogens with zero attached hydrogens (tertiary/aromatic N) is 1. The first-order valence-corrected chi connectivity index (χ1v) is 9.77. The van der Waals surface area contributed by atoms with Gasteiger partial charge in [-0.05, 0) is 61.3 Å². The van der Waals surface area contributed by atoms with E-state index < -0.39 is 11.3 Å². The summed E-state index contributed by atoms with van der Waals surface area (Å²) in [6, 6.07) is 6.88. The molecule has 1 aromatic rings. The fourth-order valence-electron chi connectivity index (χ4n) is 7.03. The molecule has 5 fully saturated rings. The largest absolute Gasteiger partial charge is 0.272 e. The highest BCUT2D eigenvalue weighted by atomic mass is 79.9. The summed E-state index contributed by atoms with van der Waals surface area (Å²) in [5.74, 6) is 0.711. The van der Waals surface area contributed by atoms with Crippen LogP contribution in [0.15, 0.2) is 28.7 Å². The Bertz CT molecular complexity index is 868. The zero-order chi connectivity index (χ0) is 17.1. The summed E-state index contributed by atoms with van der Waals surface area (Å²) in [6.07, 6.45) is 4.42. The van der Waals surface area contributed by atoms with Crippen LogP contribution in [0.4, 0.5) is 0 Å². The van der Waals surface area contributed by atoms with E-state index in [2.05, 4.69) is 21.4 Å². The highest BCUT2D eigenvalue weighted by Gasteiger charge is 2.99. The molecule has 3 amide bonds. The topological polar surface area (TPSA) is 66.5 Å². The van der Waals surface area contributed by atoms with Crippen molar-refractivity contribution in [2.45, 2.75) is 25.7 Å². The average molecular weight is 401 g/mol. The number of benzene rings is 1. The Labute approximate surface area is 153 Å². The number of halogens is 1. The van der Waals surface area contributed by atoms with Gasteiger partial charge in [0.25, 0.3) is 17.7 Å². The Morgan fingerprint density at radius 2 is 1.96 bits per heavy atom. The van der Waals surface area contributed by atoms with Crippen molar-refractivity contribution in [2.24, 2.45) is 34.5 Å². The molecule has 2 bridgehead atoms. The van der Waals surface area contributed by atoms with Gasteiger partial charge in [0.05, 0.1) is 11.3 Å². The Morgan fingerprint density at radius 1 is 1.20 bits per heavy atom. The van der Waals surface area contributed by atoms with Crippen LogP contribution in [0, 0.1) is 34.5 Å². The Kier molecular flexibility index (Phi) is 2.41. The van der Waals surface area contributed by atoms with Crippen molar-refractivity contribution in [1.82, 2.24) is 10.4 Å². The minimum absolute atomic E-state index is 0.0480. The molecular weight excluding hydrogens is 384 g/mol. The van der Waals surface area contributed by atoms with E-state index in [4.69, 9.17) is 0 Å². The fraction of sp³-hybridized carbons (Fsp3) is 0.526. The molecule has 1 heterocycles. The van der Waals surface area contributed by atoms with Crippen molar-refractivity contribution in [3.8, 4) is 0 Å². The summed E-state index contributed by atoms with van der Waals surface area (Å²) in [7, 11) is 0. The third-order valence-corrected chi connectivity index (χ3v) is 8.24. The minimum Gasteiger partial charge on any atom is -0.272 e. The first kappa shape index (κ1) is 14.5. The Hall–Kier alpha value is -1.69. The molecule has 25 heavy (non-hydrogen) atoms. The number of amides is 3. The van der Waals surface area contributed by atoms with Crippen LogP contribution in [0.5, 0.6) is 0 Å². The van der Waals surface area contributed by atoms with Gasteiger partial charge in [0.1, 0.15) is 0 Å². The van der Waals surface area contributed by atoms with Crippen molar-refractivity contribution < 1.29 is 14.4 Å². The maximum absolute atomic E-state index is 13.2. The molecule has 4 unspecified atom stereocenters. The zero-order valence-electron chi connectivity index (χ0n) is 13.5. The highest BCUT2D eigenvalue weighted by Crippen LogP contribution is 2.95. The normalized spacial score (nSPS) is 44.9. The second-order valence-corrected chi connectivity index (χ2v) is 9.19. The van der Waals surface area contributed by atoms with Gasteiger partial charge in [0.15, 0.2) is 0 Å². The van der Waals surface area contributed by atoms with Gasteiger partial charge < -0.3 is 0 Å². The van der Waals surface area contributed by atoms with E-state index in [9.17, 15) is 14.4 Å². The molecular formula is C19H17BrN2O3. The number of hydrogen-bond acceptors (Lipinski definition) is 3. The lowest BCUT2D eigenvalue weighted by atomic mass is 9.74. The van der Waals surface area contributed by atoms with Gasteiger partial charge in [-0.1, -0.05) is 22.4 Å². The zero-order valence-corrected chi connectivity index (χ0v) is 15.1. The lowest BCUT2D eigenvalue weighted by molar-refractivity contribution is -0.149. The number of hydrazine groups is 1. The third-order valence-electron chi connectivity index (χ3n) is 7.71. The summed E-state index contributed by atoms with van der Waals surface area (Å²) < 4.78 is 0.873. The third kappa shape index (κ3) is 1.36. The van der Waals surface area contributed by atoms with E-state index >= 15 is 0 Å². The molecule has 0 radical (unpaired) electrons. The van der Waals surface area contributed by atoms with E-state index in [-0.39, 0.29) is 23.1 Å². The summed E-state index contributed by atoms with van der Waals surface area (Å²) in [6.45, 7) is 0. The second kappa shape index (κ2) is 4.17. The van der Waals surface area contributed by atoms with Crippen LogP contribution in [-0.2, 0) is 9.59 Å².